The number of anilines is 1. The molecular weight excluding hydrogens is 368 g/mol. The molecule has 0 aliphatic heterocycles. The van der Waals surface area contributed by atoms with Gasteiger partial charge in [-0.25, -0.2) is 9.97 Å². The van der Waals surface area contributed by atoms with Crippen molar-refractivity contribution in [3.8, 4) is 0 Å². The molecule has 2 unspecified atom stereocenters. The van der Waals surface area contributed by atoms with E-state index in [2.05, 4.69) is 59.9 Å². The molecule has 1 aliphatic carbocycles. The quantitative estimate of drug-likeness (QED) is 0.472. The lowest BCUT2D eigenvalue weighted by atomic mass is 9.81. The van der Waals surface area contributed by atoms with E-state index in [1.165, 1.54) is 31.2 Å². The molecule has 2 atom stereocenters. The van der Waals surface area contributed by atoms with Gasteiger partial charge in [-0.3, -0.25) is 0 Å². The highest BCUT2D eigenvalue weighted by Gasteiger charge is 2.21. The minimum absolute atomic E-state index is 0.688. The first-order valence-corrected chi connectivity index (χ1v) is 11.6. The van der Waals surface area contributed by atoms with Crippen molar-refractivity contribution >= 4 is 16.7 Å². The van der Waals surface area contributed by atoms with Crippen LogP contribution in [0.15, 0.2) is 54.6 Å². The van der Waals surface area contributed by atoms with Crippen LogP contribution >= 0.6 is 0 Å². The van der Waals surface area contributed by atoms with Crippen LogP contribution in [0.2, 0.25) is 0 Å². The summed E-state index contributed by atoms with van der Waals surface area (Å²) in [5, 5.41) is 4.79. The number of benzene rings is 2. The Balaban J connectivity index is 1.39. The van der Waals surface area contributed by atoms with Crippen LogP contribution < -0.4 is 11.1 Å². The second-order valence-corrected chi connectivity index (χ2v) is 8.71. The second kappa shape index (κ2) is 10.5. The van der Waals surface area contributed by atoms with Gasteiger partial charge in [0.15, 0.2) is 0 Å². The van der Waals surface area contributed by atoms with Crippen molar-refractivity contribution in [2.45, 2.75) is 51.4 Å². The van der Waals surface area contributed by atoms with E-state index in [-0.39, 0.29) is 0 Å². The van der Waals surface area contributed by atoms with Crippen LogP contribution in [0.3, 0.4) is 0 Å². The average molecular weight is 403 g/mol. The predicted molar refractivity (Wildman–Crippen MR) is 126 cm³/mol. The third kappa shape index (κ3) is 5.57. The van der Waals surface area contributed by atoms with Crippen LogP contribution in [0.4, 0.5) is 5.82 Å². The maximum Gasteiger partial charge on any atom is 0.137 e. The molecule has 4 rings (SSSR count). The fourth-order valence-electron chi connectivity index (χ4n) is 4.67. The number of nitrogens with zero attached hydrogens (tertiary/aromatic N) is 2. The normalized spacial score (nSPS) is 19.1. The van der Waals surface area contributed by atoms with Crippen LogP contribution in [0.25, 0.3) is 10.9 Å². The molecule has 3 aromatic rings. The Hall–Kier alpha value is -2.46. The van der Waals surface area contributed by atoms with Crippen molar-refractivity contribution in [1.29, 1.82) is 0 Å². The summed E-state index contributed by atoms with van der Waals surface area (Å²) >= 11 is 0. The molecule has 1 aliphatic rings. The lowest BCUT2D eigenvalue weighted by Gasteiger charge is -2.28. The van der Waals surface area contributed by atoms with Gasteiger partial charge in [-0.05, 0) is 74.6 Å². The zero-order chi connectivity index (χ0) is 20.6. The number of hydrogen-bond acceptors (Lipinski definition) is 4. The molecule has 4 nitrogen and oxygen atoms in total. The largest absolute Gasteiger partial charge is 0.369 e. The molecular formula is C26H34N4. The molecule has 0 radical (unpaired) electrons. The molecule has 0 amide bonds. The summed E-state index contributed by atoms with van der Waals surface area (Å²) in [4.78, 5) is 9.76. The smallest absolute Gasteiger partial charge is 0.137 e. The van der Waals surface area contributed by atoms with Crippen molar-refractivity contribution < 1.29 is 0 Å². The molecule has 30 heavy (non-hydrogen) atoms. The lowest BCUT2D eigenvalue weighted by molar-refractivity contribution is 0.281. The van der Waals surface area contributed by atoms with Crippen LogP contribution in [-0.2, 0) is 12.8 Å². The number of nitrogens with two attached hydrogens (primary N) is 1. The molecule has 2 aromatic carbocycles. The van der Waals surface area contributed by atoms with Gasteiger partial charge < -0.3 is 11.1 Å². The van der Waals surface area contributed by atoms with Gasteiger partial charge >= 0.3 is 0 Å². The number of para-hydroxylation sites is 1. The number of aryl methyl sites for hydroxylation is 2. The van der Waals surface area contributed by atoms with Crippen LogP contribution in [0, 0.1) is 11.8 Å². The van der Waals surface area contributed by atoms with Crippen molar-refractivity contribution in [3.63, 3.8) is 0 Å². The minimum atomic E-state index is 0.688. The van der Waals surface area contributed by atoms with Gasteiger partial charge in [0.2, 0.25) is 0 Å². The molecule has 1 fully saturated rings. The van der Waals surface area contributed by atoms with E-state index in [4.69, 9.17) is 15.7 Å². The van der Waals surface area contributed by atoms with Gasteiger partial charge in [0, 0.05) is 18.4 Å². The van der Waals surface area contributed by atoms with Crippen molar-refractivity contribution in [2.24, 2.45) is 17.6 Å². The zero-order valence-electron chi connectivity index (χ0n) is 17.9. The first-order valence-electron chi connectivity index (χ1n) is 11.6. The van der Waals surface area contributed by atoms with Gasteiger partial charge in [-0.1, -0.05) is 48.9 Å². The number of aromatic nitrogens is 2. The summed E-state index contributed by atoms with van der Waals surface area (Å²) in [6, 6.07) is 19.1. The van der Waals surface area contributed by atoms with E-state index >= 15 is 0 Å². The van der Waals surface area contributed by atoms with Crippen LogP contribution in [-0.4, -0.2) is 23.1 Å². The molecule has 0 spiro atoms. The van der Waals surface area contributed by atoms with E-state index in [9.17, 15) is 0 Å². The number of hydrogen-bond donors (Lipinski definition) is 2. The summed E-state index contributed by atoms with van der Waals surface area (Å²) in [7, 11) is 0. The maximum absolute atomic E-state index is 5.92. The zero-order valence-corrected chi connectivity index (χ0v) is 17.9. The Morgan fingerprint density at radius 2 is 1.63 bits per heavy atom. The van der Waals surface area contributed by atoms with Crippen molar-refractivity contribution in [3.05, 3.63) is 66.0 Å². The second-order valence-electron chi connectivity index (χ2n) is 8.71. The van der Waals surface area contributed by atoms with Gasteiger partial charge in [0.05, 0.1) is 5.52 Å². The molecule has 1 saturated carbocycles. The number of fused-ring (bicyclic) bond motifs is 1. The molecule has 4 heteroatoms. The minimum Gasteiger partial charge on any atom is -0.369 e. The summed E-state index contributed by atoms with van der Waals surface area (Å²) < 4.78 is 0. The van der Waals surface area contributed by atoms with Gasteiger partial charge in [-0.15, -0.1) is 0 Å². The Morgan fingerprint density at radius 1 is 0.867 bits per heavy atom. The molecule has 0 saturated heterocycles. The SMILES string of the molecule is NCC1CCCC(CNc2nc(CCCCc3ccccc3)nc3ccccc23)C1. The Morgan fingerprint density at radius 3 is 2.50 bits per heavy atom. The number of nitrogens with one attached hydrogen (secondary N) is 1. The molecule has 0 bridgehead atoms. The fraction of sp³-hybridized carbons (Fsp3) is 0.462. The molecule has 1 heterocycles. The highest BCUT2D eigenvalue weighted by atomic mass is 15.0. The number of unbranched alkanes of at least 4 members (excludes halogenated alkanes) is 1. The number of rotatable bonds is 9. The summed E-state index contributed by atoms with van der Waals surface area (Å²) in [6.07, 6.45) is 9.41. The summed E-state index contributed by atoms with van der Waals surface area (Å²) in [6.45, 7) is 1.80. The van der Waals surface area contributed by atoms with E-state index in [1.54, 1.807) is 0 Å². The van der Waals surface area contributed by atoms with Gasteiger partial charge in [0.25, 0.3) is 0 Å². The lowest BCUT2D eigenvalue weighted by Crippen LogP contribution is -2.26. The third-order valence-electron chi connectivity index (χ3n) is 6.39. The van der Waals surface area contributed by atoms with Crippen molar-refractivity contribution in [1.82, 2.24) is 9.97 Å². The summed E-state index contributed by atoms with van der Waals surface area (Å²) in [5.74, 6) is 3.32. The fourth-order valence-corrected chi connectivity index (χ4v) is 4.67. The first-order chi connectivity index (χ1) is 14.8. The van der Waals surface area contributed by atoms with Crippen molar-refractivity contribution in [2.75, 3.05) is 18.4 Å². The van der Waals surface area contributed by atoms with E-state index in [1.807, 2.05) is 0 Å². The highest BCUT2D eigenvalue weighted by molar-refractivity contribution is 5.88. The monoisotopic (exact) mass is 402 g/mol. The average Bonchev–Trinajstić information content (AvgIpc) is 2.81. The third-order valence-corrected chi connectivity index (χ3v) is 6.39. The van der Waals surface area contributed by atoms with E-state index in [0.29, 0.717) is 11.8 Å². The highest BCUT2D eigenvalue weighted by Crippen LogP contribution is 2.29. The Labute approximate surface area is 180 Å². The predicted octanol–water partition coefficient (Wildman–Crippen LogP) is 5.37. The molecule has 3 N–H and O–H groups in total. The van der Waals surface area contributed by atoms with Crippen LogP contribution in [0.1, 0.15) is 49.9 Å². The van der Waals surface area contributed by atoms with E-state index < -0.39 is 0 Å². The van der Waals surface area contributed by atoms with E-state index in [0.717, 1.165) is 61.3 Å². The summed E-state index contributed by atoms with van der Waals surface area (Å²) in [5.41, 5.74) is 8.36. The van der Waals surface area contributed by atoms with Gasteiger partial charge in [0.1, 0.15) is 11.6 Å². The Kier molecular flexibility index (Phi) is 7.30. The molecule has 1 aromatic heterocycles. The topological polar surface area (TPSA) is 63.8 Å². The standard InChI is InChI=1S/C26H34N4/c27-18-21-12-8-13-22(17-21)19-28-26-23-14-5-6-15-24(23)29-25(30-26)16-7-4-11-20-9-2-1-3-10-20/h1-3,5-6,9-10,14-15,21-22H,4,7-8,11-13,16-19,27H2,(H,28,29,30). The maximum atomic E-state index is 5.92. The Bertz CT molecular complexity index is 925. The molecule has 158 valence electrons. The first kappa shape index (κ1) is 20.8. The van der Waals surface area contributed by atoms with Gasteiger partial charge in [-0.2, -0.15) is 0 Å². The van der Waals surface area contributed by atoms with Crippen LogP contribution in [0.5, 0.6) is 0 Å².